The van der Waals surface area contributed by atoms with Crippen LogP contribution in [0.25, 0.3) is 0 Å². The fraction of sp³-hybridized carbons (Fsp3) is 0.824. The lowest BCUT2D eigenvalue weighted by molar-refractivity contribution is -0.0286. The second-order valence-electron chi connectivity index (χ2n) is 10.3. The number of hydrogen-bond donors (Lipinski definition) is 0. The normalized spacial score (nSPS) is 11.6. The molecule has 1 rings (SSSR count). The minimum Gasteiger partial charge on any atom is -0.491 e. The molecule has 0 saturated heterocycles. The van der Waals surface area contributed by atoms with Gasteiger partial charge in [-0.2, -0.15) is 0 Å². The van der Waals surface area contributed by atoms with E-state index < -0.39 is 0 Å². The quantitative estimate of drug-likeness (QED) is 0.0929. The molecule has 14 heteroatoms. The van der Waals surface area contributed by atoms with Crippen LogP contribution in [0, 0.1) is 0 Å². The van der Waals surface area contributed by atoms with Crippen molar-refractivity contribution in [2.24, 2.45) is 0 Å². The number of nitrogens with zero attached hydrogens (tertiary/aromatic N) is 1. The Morgan fingerprint density at radius 1 is 0.312 bits per heavy atom. The first-order valence-electron chi connectivity index (χ1n) is 17.0. The monoisotopic (exact) mass is 693 g/mol. The molecule has 1 aromatic rings. The van der Waals surface area contributed by atoms with E-state index in [9.17, 15) is 0 Å². The zero-order valence-electron chi connectivity index (χ0n) is 29.5. The summed E-state index contributed by atoms with van der Waals surface area (Å²) in [5.41, 5.74) is 0. The summed E-state index contributed by atoms with van der Waals surface area (Å²) in [6, 6.07) is 9.67. The molecule has 0 aliphatic carbocycles. The number of rotatable bonds is 40. The third-order valence-electron chi connectivity index (χ3n) is 6.01. The lowest BCUT2D eigenvalue weighted by atomic mass is 10.3. The van der Waals surface area contributed by atoms with Gasteiger partial charge >= 0.3 is 0 Å². The Bertz CT molecular complexity index is 736. The Kier molecular flexibility index (Phi) is 35.5. The summed E-state index contributed by atoms with van der Waals surface area (Å²) in [5.74, 6) is 0.844. The minimum absolute atomic E-state index is 0.510. The molecule has 48 heavy (non-hydrogen) atoms. The number of likely N-dealkylation sites (N-methyl/N-ethyl adjacent to an activating group) is 1. The van der Waals surface area contributed by atoms with Crippen molar-refractivity contribution in [3.63, 3.8) is 0 Å². The van der Waals surface area contributed by atoms with Gasteiger partial charge in [-0.05, 0) is 26.2 Å². The standard InChI is InChI=1S/C34H63NO13/c1-35(2)8-9-36-10-11-37-12-13-38-14-15-39-16-17-40-18-19-41-20-21-42-22-23-43-24-25-44-26-27-45-28-29-46-30-31-47-32-33-48-34-6-4-3-5-7-34/h3-7H,8-33H2,1-2H3. The highest BCUT2D eigenvalue weighted by atomic mass is 16.6. The fourth-order valence-corrected chi connectivity index (χ4v) is 3.50. The van der Waals surface area contributed by atoms with Crippen molar-refractivity contribution in [3.05, 3.63) is 30.3 Å². The van der Waals surface area contributed by atoms with Gasteiger partial charge in [0.25, 0.3) is 0 Å². The highest BCUT2D eigenvalue weighted by Gasteiger charge is 1.97. The Hall–Kier alpha value is -1.50. The van der Waals surface area contributed by atoms with Crippen molar-refractivity contribution < 1.29 is 61.6 Å². The van der Waals surface area contributed by atoms with Crippen molar-refractivity contribution in [1.82, 2.24) is 4.90 Å². The first-order chi connectivity index (χ1) is 23.8. The van der Waals surface area contributed by atoms with E-state index in [0.717, 1.165) is 12.3 Å². The van der Waals surface area contributed by atoms with Crippen molar-refractivity contribution in [3.8, 4) is 5.75 Å². The molecule has 1 aromatic carbocycles. The van der Waals surface area contributed by atoms with Crippen LogP contribution in [0.5, 0.6) is 5.75 Å². The van der Waals surface area contributed by atoms with Gasteiger partial charge in [0.15, 0.2) is 0 Å². The van der Waals surface area contributed by atoms with Gasteiger partial charge in [-0.3, -0.25) is 0 Å². The van der Waals surface area contributed by atoms with Crippen LogP contribution in [-0.2, 0) is 56.8 Å². The van der Waals surface area contributed by atoms with E-state index in [0.29, 0.717) is 165 Å². The highest BCUT2D eigenvalue weighted by molar-refractivity contribution is 5.20. The predicted octanol–water partition coefficient (Wildman–Crippen LogP) is 1.83. The van der Waals surface area contributed by atoms with E-state index in [1.165, 1.54) is 0 Å². The number of benzene rings is 1. The SMILES string of the molecule is CN(C)CCOCCOCCOCCOCCOCCOCCOCCOCCOCCOCCOCCOCCOc1ccccc1. The molecule has 14 nitrogen and oxygen atoms in total. The molecule has 282 valence electrons. The molecule has 0 aromatic heterocycles. The third-order valence-corrected chi connectivity index (χ3v) is 6.01. The maximum Gasteiger partial charge on any atom is 0.119 e. The predicted molar refractivity (Wildman–Crippen MR) is 180 cm³/mol. The average Bonchev–Trinajstić information content (AvgIpc) is 3.09. The van der Waals surface area contributed by atoms with E-state index in [2.05, 4.69) is 4.90 Å². The second-order valence-corrected chi connectivity index (χ2v) is 10.3. The van der Waals surface area contributed by atoms with Gasteiger partial charge in [-0.25, -0.2) is 0 Å². The van der Waals surface area contributed by atoms with Crippen LogP contribution >= 0.6 is 0 Å². The van der Waals surface area contributed by atoms with Crippen LogP contribution in [0.1, 0.15) is 0 Å². The number of ether oxygens (including phenoxy) is 13. The van der Waals surface area contributed by atoms with Crippen molar-refractivity contribution in [1.29, 1.82) is 0 Å². The van der Waals surface area contributed by atoms with E-state index >= 15 is 0 Å². The van der Waals surface area contributed by atoms with Crippen molar-refractivity contribution in [2.45, 2.75) is 0 Å². The number of hydrogen-bond acceptors (Lipinski definition) is 14. The maximum absolute atomic E-state index is 5.55. The molecule has 0 atom stereocenters. The molecular weight excluding hydrogens is 630 g/mol. The van der Waals surface area contributed by atoms with Crippen LogP contribution < -0.4 is 4.74 Å². The van der Waals surface area contributed by atoms with Crippen molar-refractivity contribution >= 4 is 0 Å². The first kappa shape index (κ1) is 44.5. The van der Waals surface area contributed by atoms with Gasteiger partial charge in [-0.15, -0.1) is 0 Å². The summed E-state index contributed by atoms with van der Waals surface area (Å²) in [6.45, 7) is 14.2. The Morgan fingerprint density at radius 2 is 0.542 bits per heavy atom. The van der Waals surface area contributed by atoms with E-state index in [-0.39, 0.29) is 0 Å². The Balaban J connectivity index is 1.61. The molecular formula is C34H63NO13. The summed E-state index contributed by atoms with van der Waals surface area (Å²) in [6.07, 6.45) is 0. The molecule has 0 fully saturated rings. The fourth-order valence-electron chi connectivity index (χ4n) is 3.50. The lowest BCUT2D eigenvalue weighted by Gasteiger charge is -2.10. The van der Waals surface area contributed by atoms with Crippen molar-refractivity contribution in [2.75, 3.05) is 186 Å². The molecule has 0 bridgehead atoms. The average molecular weight is 694 g/mol. The summed E-state index contributed by atoms with van der Waals surface area (Å²) in [5, 5.41) is 0. The zero-order chi connectivity index (χ0) is 34.3. The minimum atomic E-state index is 0.510. The van der Waals surface area contributed by atoms with E-state index in [1.54, 1.807) is 0 Å². The van der Waals surface area contributed by atoms with Crippen LogP contribution in [0.2, 0.25) is 0 Å². The molecule has 0 aliphatic heterocycles. The molecule has 0 aliphatic rings. The smallest absolute Gasteiger partial charge is 0.119 e. The van der Waals surface area contributed by atoms with Crippen LogP contribution in [-0.4, -0.2) is 191 Å². The molecule has 0 saturated carbocycles. The third kappa shape index (κ3) is 35.8. The molecule has 0 radical (unpaired) electrons. The molecule has 0 amide bonds. The summed E-state index contributed by atoms with van der Waals surface area (Å²) < 4.78 is 71.3. The van der Waals surface area contributed by atoms with Crippen LogP contribution in [0.3, 0.4) is 0 Å². The number of para-hydroxylation sites is 1. The van der Waals surface area contributed by atoms with Gasteiger partial charge in [-0.1, -0.05) is 18.2 Å². The lowest BCUT2D eigenvalue weighted by Crippen LogP contribution is -2.19. The van der Waals surface area contributed by atoms with Gasteiger partial charge in [0.05, 0.1) is 159 Å². The van der Waals surface area contributed by atoms with Gasteiger partial charge in [0, 0.05) is 6.54 Å². The van der Waals surface area contributed by atoms with Gasteiger partial charge in [0.2, 0.25) is 0 Å². The molecule has 0 heterocycles. The van der Waals surface area contributed by atoms with E-state index in [1.807, 2.05) is 44.4 Å². The Morgan fingerprint density at radius 3 is 0.792 bits per heavy atom. The highest BCUT2D eigenvalue weighted by Crippen LogP contribution is 2.07. The molecule has 0 spiro atoms. The summed E-state index contributed by atoms with van der Waals surface area (Å²) in [4.78, 5) is 2.08. The largest absolute Gasteiger partial charge is 0.491 e. The maximum atomic E-state index is 5.55. The zero-order valence-corrected chi connectivity index (χ0v) is 29.5. The van der Waals surface area contributed by atoms with Crippen LogP contribution in [0.15, 0.2) is 30.3 Å². The molecule has 0 unspecified atom stereocenters. The summed E-state index contributed by atoms with van der Waals surface area (Å²) >= 11 is 0. The first-order valence-corrected chi connectivity index (χ1v) is 17.0. The van der Waals surface area contributed by atoms with Gasteiger partial charge < -0.3 is 66.5 Å². The van der Waals surface area contributed by atoms with Gasteiger partial charge in [0.1, 0.15) is 12.4 Å². The summed E-state index contributed by atoms with van der Waals surface area (Å²) in [7, 11) is 4.04. The topological polar surface area (TPSA) is 123 Å². The molecule has 0 N–H and O–H groups in total. The Labute approximate surface area is 288 Å². The van der Waals surface area contributed by atoms with E-state index in [4.69, 9.17) is 61.6 Å². The van der Waals surface area contributed by atoms with Crippen LogP contribution in [0.4, 0.5) is 0 Å². The second kappa shape index (κ2) is 38.3.